The van der Waals surface area contributed by atoms with Gasteiger partial charge in [-0.2, -0.15) is 0 Å². The molecule has 0 aromatic rings. The number of aliphatic carboxylic acids is 1. The molecule has 0 aliphatic carbocycles. The Bertz CT molecular complexity index is 410. The van der Waals surface area contributed by atoms with Crippen LogP contribution in [0.2, 0.25) is 0 Å². The van der Waals surface area contributed by atoms with Gasteiger partial charge in [-0.15, -0.1) is 0 Å². The highest BCUT2D eigenvalue weighted by Gasteiger charge is 2.45. The minimum absolute atomic E-state index is 0.0452. The lowest BCUT2D eigenvalue weighted by atomic mass is 9.57. The highest BCUT2D eigenvalue weighted by atomic mass is 16.4. The van der Waals surface area contributed by atoms with Crippen molar-refractivity contribution in [1.29, 1.82) is 0 Å². The summed E-state index contributed by atoms with van der Waals surface area (Å²) >= 11 is 0. The van der Waals surface area contributed by atoms with Crippen molar-refractivity contribution in [2.45, 2.75) is 94.4 Å². The molecule has 0 aromatic carbocycles. The van der Waals surface area contributed by atoms with Crippen molar-refractivity contribution in [1.82, 2.24) is 0 Å². The predicted octanol–water partition coefficient (Wildman–Crippen LogP) is 6.70. The molecule has 2 nitrogen and oxygen atoms in total. The van der Waals surface area contributed by atoms with E-state index in [1.165, 1.54) is 0 Å². The number of carboxylic acid groups (broad SMARTS) is 1. The van der Waals surface area contributed by atoms with Crippen molar-refractivity contribution in [2.75, 3.05) is 0 Å². The van der Waals surface area contributed by atoms with Crippen LogP contribution < -0.4 is 0 Å². The lowest BCUT2D eigenvalue weighted by Gasteiger charge is -2.47. The summed E-state index contributed by atoms with van der Waals surface area (Å²) < 4.78 is 0. The number of allylic oxidation sites excluding steroid dienone is 2. The first kappa shape index (κ1) is 22.2. The molecule has 0 fully saturated rings. The summed E-state index contributed by atoms with van der Waals surface area (Å²) in [7, 11) is 0. The van der Waals surface area contributed by atoms with Gasteiger partial charge in [-0.3, -0.25) is 4.79 Å². The highest BCUT2D eigenvalue weighted by Crippen LogP contribution is 2.52. The quantitative estimate of drug-likeness (QED) is 0.454. The number of hydrogen-bond donors (Lipinski definition) is 1. The average molecular weight is 325 g/mol. The second-order valence-corrected chi connectivity index (χ2v) is 9.24. The summed E-state index contributed by atoms with van der Waals surface area (Å²) in [4.78, 5) is 11.6. The molecule has 0 aliphatic heterocycles. The lowest BCUT2D eigenvalue weighted by molar-refractivity contribution is -0.149. The van der Waals surface area contributed by atoms with Crippen LogP contribution in [0.3, 0.4) is 0 Å². The van der Waals surface area contributed by atoms with E-state index in [0.717, 1.165) is 25.7 Å². The fourth-order valence-electron chi connectivity index (χ4n) is 3.77. The van der Waals surface area contributed by atoms with E-state index in [9.17, 15) is 9.90 Å². The Morgan fingerprint density at radius 3 is 1.74 bits per heavy atom. The van der Waals surface area contributed by atoms with Crippen LogP contribution in [0.25, 0.3) is 0 Å². The van der Waals surface area contributed by atoms with Gasteiger partial charge >= 0.3 is 5.97 Å². The fourth-order valence-corrected chi connectivity index (χ4v) is 3.77. The van der Waals surface area contributed by atoms with Gasteiger partial charge in [-0.1, -0.05) is 67.0 Å². The molecule has 0 aliphatic rings. The summed E-state index contributed by atoms with van der Waals surface area (Å²) in [5, 5.41) is 9.51. The van der Waals surface area contributed by atoms with Crippen LogP contribution in [0, 0.1) is 21.7 Å². The molecule has 2 heteroatoms. The Morgan fingerprint density at radius 2 is 1.39 bits per heavy atom. The average Bonchev–Trinajstić information content (AvgIpc) is 2.42. The third-order valence-electron chi connectivity index (χ3n) is 6.14. The van der Waals surface area contributed by atoms with E-state index in [2.05, 4.69) is 60.6 Å². The number of rotatable bonds is 10. The van der Waals surface area contributed by atoms with Gasteiger partial charge in [-0.25, -0.2) is 0 Å². The summed E-state index contributed by atoms with van der Waals surface area (Å²) in [5.41, 5.74) is -0.390. The summed E-state index contributed by atoms with van der Waals surface area (Å²) in [6, 6.07) is 0. The van der Waals surface area contributed by atoms with Crippen molar-refractivity contribution >= 4 is 5.97 Å². The van der Waals surface area contributed by atoms with Crippen molar-refractivity contribution in [3.05, 3.63) is 12.2 Å². The van der Waals surface area contributed by atoms with E-state index in [1.54, 1.807) is 0 Å². The maximum Gasteiger partial charge on any atom is 0.309 e. The Morgan fingerprint density at radius 1 is 0.913 bits per heavy atom. The van der Waals surface area contributed by atoms with Gasteiger partial charge in [0.15, 0.2) is 0 Å². The zero-order valence-corrected chi connectivity index (χ0v) is 17.0. The molecular formula is C21H40O2. The van der Waals surface area contributed by atoms with Gasteiger partial charge in [0, 0.05) is 0 Å². The Hall–Kier alpha value is -0.790. The third-order valence-corrected chi connectivity index (χ3v) is 6.14. The van der Waals surface area contributed by atoms with Crippen LogP contribution >= 0.6 is 0 Å². The van der Waals surface area contributed by atoms with Gasteiger partial charge in [0.1, 0.15) is 0 Å². The topological polar surface area (TPSA) is 37.3 Å². The van der Waals surface area contributed by atoms with E-state index in [1.807, 2.05) is 13.8 Å². The molecule has 0 unspecified atom stereocenters. The lowest BCUT2D eigenvalue weighted by Crippen LogP contribution is -2.41. The molecule has 136 valence electrons. The molecule has 0 rings (SSSR count). The van der Waals surface area contributed by atoms with Crippen molar-refractivity contribution in [2.24, 2.45) is 21.7 Å². The van der Waals surface area contributed by atoms with Gasteiger partial charge in [0.25, 0.3) is 0 Å². The number of hydrogen-bond acceptors (Lipinski definition) is 1. The molecule has 0 atom stereocenters. The van der Waals surface area contributed by atoms with Crippen LogP contribution in [-0.2, 0) is 4.79 Å². The van der Waals surface area contributed by atoms with E-state index in [-0.39, 0.29) is 10.8 Å². The van der Waals surface area contributed by atoms with E-state index < -0.39 is 11.4 Å². The van der Waals surface area contributed by atoms with Crippen molar-refractivity contribution in [3.63, 3.8) is 0 Å². The Kier molecular flexibility index (Phi) is 7.59. The standard InChI is InChI=1S/C21H40O2/c1-10-18(4,5)14-13-15-21(11-2,12-3)20(8,9)16-19(6,7)17(22)23/h13,15H,10-12,14,16H2,1-9H3,(H,22,23). The first-order chi connectivity index (χ1) is 10.3. The predicted molar refractivity (Wildman–Crippen MR) is 101 cm³/mol. The normalized spacial score (nSPS) is 14.5. The minimum Gasteiger partial charge on any atom is -0.481 e. The van der Waals surface area contributed by atoms with Gasteiger partial charge in [0.2, 0.25) is 0 Å². The summed E-state index contributed by atoms with van der Waals surface area (Å²) in [6.45, 7) is 19.5. The molecule has 1 N–H and O–H groups in total. The monoisotopic (exact) mass is 324 g/mol. The van der Waals surface area contributed by atoms with Crippen LogP contribution in [0.5, 0.6) is 0 Å². The van der Waals surface area contributed by atoms with E-state index in [4.69, 9.17) is 0 Å². The maximum atomic E-state index is 11.6. The first-order valence-electron chi connectivity index (χ1n) is 9.20. The third kappa shape index (κ3) is 5.65. The molecule has 0 aromatic heterocycles. The van der Waals surface area contributed by atoms with Crippen molar-refractivity contribution in [3.8, 4) is 0 Å². The molecule has 0 heterocycles. The summed E-state index contributed by atoms with van der Waals surface area (Å²) in [5.74, 6) is -0.706. The highest BCUT2D eigenvalue weighted by molar-refractivity contribution is 5.73. The SMILES string of the molecule is CCC(C)(C)CC=CC(CC)(CC)C(C)(C)CC(C)(C)C(=O)O. The molecule has 0 saturated heterocycles. The molecule has 0 bridgehead atoms. The second kappa shape index (κ2) is 7.85. The van der Waals surface area contributed by atoms with Crippen LogP contribution in [-0.4, -0.2) is 11.1 Å². The van der Waals surface area contributed by atoms with E-state index in [0.29, 0.717) is 11.8 Å². The minimum atomic E-state index is -0.706. The molecule has 0 amide bonds. The van der Waals surface area contributed by atoms with Gasteiger partial charge in [-0.05, 0) is 55.8 Å². The van der Waals surface area contributed by atoms with E-state index >= 15 is 0 Å². The number of carboxylic acids is 1. The maximum absolute atomic E-state index is 11.6. The molecule has 0 saturated carbocycles. The van der Waals surface area contributed by atoms with Gasteiger partial charge in [0.05, 0.1) is 5.41 Å². The van der Waals surface area contributed by atoms with Crippen LogP contribution in [0.1, 0.15) is 94.4 Å². The fraction of sp³-hybridized carbons (Fsp3) is 0.857. The molecule has 0 radical (unpaired) electrons. The number of carbonyl (C=O) groups is 1. The summed E-state index contributed by atoms with van der Waals surface area (Å²) in [6.07, 6.45) is 9.72. The van der Waals surface area contributed by atoms with Crippen LogP contribution in [0.15, 0.2) is 12.2 Å². The van der Waals surface area contributed by atoms with Gasteiger partial charge < -0.3 is 5.11 Å². The van der Waals surface area contributed by atoms with Crippen molar-refractivity contribution < 1.29 is 9.90 Å². The first-order valence-corrected chi connectivity index (χ1v) is 9.20. The zero-order chi connectivity index (χ0) is 18.5. The second-order valence-electron chi connectivity index (χ2n) is 9.24. The largest absolute Gasteiger partial charge is 0.481 e. The van der Waals surface area contributed by atoms with Crippen LogP contribution in [0.4, 0.5) is 0 Å². The molecular weight excluding hydrogens is 284 g/mol. The Balaban J connectivity index is 5.49. The smallest absolute Gasteiger partial charge is 0.309 e. The molecule has 23 heavy (non-hydrogen) atoms. The molecule has 0 spiro atoms. The Labute approximate surface area is 144 Å². The zero-order valence-electron chi connectivity index (χ0n) is 17.0.